The molecule has 0 saturated heterocycles. The summed E-state index contributed by atoms with van der Waals surface area (Å²) in [4.78, 5) is 21.0. The van der Waals surface area contributed by atoms with Crippen LogP contribution in [0.15, 0.2) is 60.7 Å². The van der Waals surface area contributed by atoms with E-state index < -0.39 is 11.9 Å². The minimum atomic E-state index is -0.917. The Bertz CT molecular complexity index is 974. The van der Waals surface area contributed by atoms with Crippen LogP contribution in [-0.4, -0.2) is 49.7 Å². The fourth-order valence-electron chi connectivity index (χ4n) is 7.48. The van der Waals surface area contributed by atoms with Crippen molar-refractivity contribution in [1.82, 2.24) is 0 Å². The summed E-state index contributed by atoms with van der Waals surface area (Å²) < 4.78 is 0. The van der Waals surface area contributed by atoms with E-state index in [1.54, 1.807) is 0 Å². The van der Waals surface area contributed by atoms with Crippen molar-refractivity contribution in [3.63, 3.8) is 0 Å². The maximum Gasteiger partial charge on any atom is 2.00 e. The molecule has 0 heterocycles. The van der Waals surface area contributed by atoms with Gasteiger partial charge in [0.25, 0.3) is 0 Å². The van der Waals surface area contributed by atoms with Crippen molar-refractivity contribution < 1.29 is 19.8 Å². The molecule has 0 aliphatic rings. The largest absolute Gasteiger partial charge is 2.00 e. The molecule has 0 aromatic heterocycles. The molecule has 4 nitrogen and oxygen atoms in total. The van der Waals surface area contributed by atoms with Gasteiger partial charge in [0, 0.05) is 11.9 Å². The van der Waals surface area contributed by atoms with Crippen LogP contribution in [0.2, 0.25) is 0 Å². The molecule has 0 aliphatic heterocycles. The standard InChI is InChI=1S/2C24H40O2.Ca/c2*1-2-3-4-5-6-7-8-9-12-17-22(23-18-13-10-14-19-23)20-15-11-16-21-24(25)26;/h2*10,13-14,18-19,22H,2-9,11-12,15-17,20-21H2,1H3,(H,25,26);/q;;+2/p-2. The Morgan fingerprint density at radius 2 is 0.642 bits per heavy atom. The minimum absolute atomic E-state index is 0. The number of rotatable bonds is 34. The van der Waals surface area contributed by atoms with Crippen LogP contribution >= 0.6 is 0 Å². The van der Waals surface area contributed by atoms with E-state index in [9.17, 15) is 19.8 Å². The first-order chi connectivity index (χ1) is 25.5. The first-order valence-corrected chi connectivity index (χ1v) is 22.0. The number of hydrogen-bond donors (Lipinski definition) is 0. The van der Waals surface area contributed by atoms with Crippen LogP contribution in [0.5, 0.6) is 0 Å². The Kier molecular flexibility index (Phi) is 37.9. The van der Waals surface area contributed by atoms with Crippen LogP contribution in [0, 0.1) is 0 Å². The van der Waals surface area contributed by atoms with Gasteiger partial charge in [-0.2, -0.15) is 0 Å². The van der Waals surface area contributed by atoms with Gasteiger partial charge in [0.2, 0.25) is 0 Å². The molecule has 2 unspecified atom stereocenters. The summed E-state index contributed by atoms with van der Waals surface area (Å²) in [6.45, 7) is 4.54. The number of unbranched alkanes of at least 4 members (excludes halogenated alkanes) is 20. The monoisotopic (exact) mass is 759 g/mol. The summed E-state index contributed by atoms with van der Waals surface area (Å²) in [5.41, 5.74) is 2.90. The molecule has 2 aromatic rings. The number of aliphatic carboxylic acids is 2. The number of carboxylic acids is 2. The van der Waals surface area contributed by atoms with Crippen molar-refractivity contribution in [3.05, 3.63) is 71.8 Å². The van der Waals surface area contributed by atoms with E-state index in [2.05, 4.69) is 74.5 Å². The topological polar surface area (TPSA) is 80.3 Å². The van der Waals surface area contributed by atoms with E-state index in [0.717, 1.165) is 38.5 Å². The van der Waals surface area contributed by atoms with E-state index in [1.165, 1.54) is 152 Å². The molecule has 0 fully saturated rings. The second kappa shape index (κ2) is 38.9. The molecular formula is C48H78CaO4. The number of benzene rings is 2. The summed E-state index contributed by atoms with van der Waals surface area (Å²) in [5, 5.41) is 21.0. The second-order valence-electron chi connectivity index (χ2n) is 15.4. The number of carboxylic acid groups (broad SMARTS) is 2. The van der Waals surface area contributed by atoms with Gasteiger partial charge < -0.3 is 19.8 Å². The van der Waals surface area contributed by atoms with E-state index >= 15 is 0 Å². The van der Waals surface area contributed by atoms with Crippen molar-refractivity contribution in [2.45, 2.75) is 218 Å². The Morgan fingerprint density at radius 3 is 0.906 bits per heavy atom. The molecule has 296 valence electrons. The van der Waals surface area contributed by atoms with Crippen LogP contribution in [0.1, 0.15) is 229 Å². The van der Waals surface area contributed by atoms with Crippen LogP contribution in [0.3, 0.4) is 0 Å². The van der Waals surface area contributed by atoms with Crippen molar-refractivity contribution in [3.8, 4) is 0 Å². The van der Waals surface area contributed by atoms with Crippen LogP contribution in [-0.2, 0) is 9.59 Å². The van der Waals surface area contributed by atoms with E-state index in [-0.39, 0.29) is 50.6 Å². The number of carbonyl (C=O) groups excluding carboxylic acids is 2. The van der Waals surface area contributed by atoms with E-state index in [4.69, 9.17) is 0 Å². The Hall–Kier alpha value is -1.36. The molecule has 53 heavy (non-hydrogen) atoms. The molecule has 2 rings (SSSR count). The molecular weight excluding hydrogens is 681 g/mol. The van der Waals surface area contributed by atoms with Crippen molar-refractivity contribution in [2.24, 2.45) is 0 Å². The molecule has 0 radical (unpaired) electrons. The third-order valence-electron chi connectivity index (χ3n) is 10.7. The van der Waals surface area contributed by atoms with Gasteiger partial charge in [-0.05, 0) is 74.3 Å². The van der Waals surface area contributed by atoms with Gasteiger partial charge in [0.1, 0.15) is 0 Å². The SMILES string of the molecule is CCCCCCCCCCCC(CCCCCC(=O)[O-])c1ccccc1.CCCCCCCCCCCC(CCCCCC(=O)[O-])c1ccccc1.[Ca+2]. The first-order valence-electron chi connectivity index (χ1n) is 22.0. The van der Waals surface area contributed by atoms with E-state index in [1.807, 2.05) is 0 Å². The normalized spacial score (nSPS) is 12.0. The summed E-state index contributed by atoms with van der Waals surface area (Å²) in [6, 6.07) is 21.7. The minimum Gasteiger partial charge on any atom is -0.550 e. The molecule has 0 spiro atoms. The van der Waals surface area contributed by atoms with Gasteiger partial charge in [-0.3, -0.25) is 0 Å². The number of carbonyl (C=O) groups is 2. The zero-order chi connectivity index (χ0) is 37.7. The zero-order valence-electron chi connectivity index (χ0n) is 34.5. The molecule has 5 heteroatoms. The Labute approximate surface area is 357 Å². The number of hydrogen-bond acceptors (Lipinski definition) is 4. The maximum atomic E-state index is 10.5. The van der Waals surface area contributed by atoms with Gasteiger partial charge in [-0.25, -0.2) is 0 Å². The fraction of sp³-hybridized carbons (Fsp3) is 0.708. The third kappa shape index (κ3) is 32.6. The second-order valence-corrected chi connectivity index (χ2v) is 15.4. The Morgan fingerprint density at radius 1 is 0.396 bits per heavy atom. The van der Waals surface area contributed by atoms with Gasteiger partial charge in [0.05, 0.1) is 0 Å². The summed E-state index contributed by atoms with van der Waals surface area (Å²) in [5.74, 6) is -0.578. The van der Waals surface area contributed by atoms with Gasteiger partial charge in [-0.15, -0.1) is 0 Å². The predicted octanol–water partition coefficient (Wildman–Crippen LogP) is 12.4. The smallest absolute Gasteiger partial charge is 0.550 e. The van der Waals surface area contributed by atoms with E-state index in [0.29, 0.717) is 11.8 Å². The maximum absolute atomic E-state index is 10.5. The summed E-state index contributed by atoms with van der Waals surface area (Å²) >= 11 is 0. The van der Waals surface area contributed by atoms with Crippen LogP contribution in [0.25, 0.3) is 0 Å². The molecule has 0 saturated carbocycles. The molecule has 0 aliphatic carbocycles. The summed E-state index contributed by atoms with van der Waals surface area (Å²) in [7, 11) is 0. The molecule has 0 bridgehead atoms. The average Bonchev–Trinajstić information content (AvgIpc) is 3.15. The average molecular weight is 759 g/mol. The van der Waals surface area contributed by atoms with Crippen LogP contribution in [0.4, 0.5) is 0 Å². The Balaban J connectivity index is 0.00000100. The molecule has 0 N–H and O–H groups in total. The fourth-order valence-corrected chi connectivity index (χ4v) is 7.48. The molecule has 2 atom stereocenters. The van der Waals surface area contributed by atoms with Gasteiger partial charge in [-0.1, -0.05) is 216 Å². The van der Waals surface area contributed by atoms with Gasteiger partial charge >= 0.3 is 37.7 Å². The molecule has 0 amide bonds. The van der Waals surface area contributed by atoms with Crippen molar-refractivity contribution in [1.29, 1.82) is 0 Å². The van der Waals surface area contributed by atoms with Crippen molar-refractivity contribution in [2.75, 3.05) is 0 Å². The zero-order valence-corrected chi connectivity index (χ0v) is 36.7. The third-order valence-corrected chi connectivity index (χ3v) is 10.7. The van der Waals surface area contributed by atoms with Crippen LogP contribution < -0.4 is 10.2 Å². The molecule has 2 aromatic carbocycles. The predicted molar refractivity (Wildman–Crippen MR) is 224 cm³/mol. The van der Waals surface area contributed by atoms with Gasteiger partial charge in [0.15, 0.2) is 0 Å². The quantitative estimate of drug-likeness (QED) is 0.0526. The van der Waals surface area contributed by atoms with Crippen molar-refractivity contribution >= 4 is 49.7 Å². The first kappa shape index (κ1) is 51.6. The summed E-state index contributed by atoms with van der Waals surface area (Å²) in [6.07, 6.45) is 35.7.